The molecule has 0 unspecified atom stereocenters. The highest BCUT2D eigenvalue weighted by Crippen LogP contribution is 2.14. The molecule has 4 nitrogen and oxygen atoms in total. The molecule has 0 bridgehead atoms. The average molecular weight is 258 g/mol. The minimum absolute atomic E-state index is 0.526. The molecular formula is C15H22N4. The molecule has 0 aliphatic rings. The number of anilines is 1. The Hall–Kier alpha value is -2.10. The van der Waals surface area contributed by atoms with Gasteiger partial charge in [-0.25, -0.2) is 9.98 Å². The van der Waals surface area contributed by atoms with Crippen LogP contribution in [0, 0.1) is 0 Å². The zero-order chi connectivity index (χ0) is 14.1. The lowest BCUT2D eigenvalue weighted by molar-refractivity contribution is 0.831. The Morgan fingerprint density at radius 3 is 2.89 bits per heavy atom. The zero-order valence-corrected chi connectivity index (χ0v) is 11.7. The van der Waals surface area contributed by atoms with Gasteiger partial charge in [-0.2, -0.15) is 0 Å². The molecule has 0 aliphatic heterocycles. The van der Waals surface area contributed by atoms with Gasteiger partial charge in [0.1, 0.15) is 5.82 Å². The van der Waals surface area contributed by atoms with Crippen molar-refractivity contribution >= 4 is 17.2 Å². The van der Waals surface area contributed by atoms with Gasteiger partial charge in [0, 0.05) is 18.9 Å². The summed E-state index contributed by atoms with van der Waals surface area (Å²) in [6.45, 7) is 8.83. The highest BCUT2D eigenvalue weighted by atomic mass is 15.0. The molecule has 0 saturated carbocycles. The maximum absolute atomic E-state index is 5.44. The Kier molecular flexibility index (Phi) is 6.36. The van der Waals surface area contributed by atoms with Gasteiger partial charge in [-0.05, 0) is 42.7 Å². The second-order valence-electron chi connectivity index (χ2n) is 4.32. The van der Waals surface area contributed by atoms with Crippen molar-refractivity contribution in [1.29, 1.82) is 0 Å². The predicted molar refractivity (Wildman–Crippen MR) is 83.1 cm³/mol. The number of nitrogens with one attached hydrogen (secondary N) is 1. The highest BCUT2D eigenvalue weighted by molar-refractivity contribution is 5.78. The van der Waals surface area contributed by atoms with Crippen molar-refractivity contribution in [1.82, 2.24) is 4.98 Å². The van der Waals surface area contributed by atoms with Crippen LogP contribution in [0.2, 0.25) is 0 Å². The van der Waals surface area contributed by atoms with E-state index >= 15 is 0 Å². The molecule has 1 aromatic rings. The number of aromatic nitrogens is 1. The fourth-order valence-electron chi connectivity index (χ4n) is 1.42. The fraction of sp³-hybridized carbons (Fsp3) is 0.333. The number of allylic oxidation sites excluding steroid dienone is 2. The van der Waals surface area contributed by atoms with Gasteiger partial charge in [0.05, 0.1) is 5.84 Å². The Morgan fingerprint density at radius 1 is 1.53 bits per heavy atom. The predicted octanol–water partition coefficient (Wildman–Crippen LogP) is 3.20. The van der Waals surface area contributed by atoms with E-state index in [4.69, 9.17) is 5.73 Å². The first-order valence-electron chi connectivity index (χ1n) is 6.49. The van der Waals surface area contributed by atoms with Crippen molar-refractivity contribution in [2.24, 2.45) is 10.7 Å². The van der Waals surface area contributed by atoms with Crippen LogP contribution in [0.25, 0.3) is 5.57 Å². The van der Waals surface area contributed by atoms with Crippen LogP contribution in [-0.2, 0) is 0 Å². The van der Waals surface area contributed by atoms with Gasteiger partial charge < -0.3 is 11.1 Å². The van der Waals surface area contributed by atoms with Crippen molar-refractivity contribution < 1.29 is 0 Å². The number of unbranched alkanes of at least 4 members (excludes halogenated alkanes) is 1. The molecule has 0 atom stereocenters. The molecule has 0 aliphatic carbocycles. The number of pyridine rings is 1. The van der Waals surface area contributed by atoms with Crippen molar-refractivity contribution in [3.05, 3.63) is 42.7 Å². The van der Waals surface area contributed by atoms with Gasteiger partial charge in [0.15, 0.2) is 0 Å². The monoisotopic (exact) mass is 258 g/mol. The van der Waals surface area contributed by atoms with Crippen molar-refractivity contribution in [2.75, 3.05) is 11.9 Å². The van der Waals surface area contributed by atoms with Crippen molar-refractivity contribution in [3.63, 3.8) is 0 Å². The molecule has 19 heavy (non-hydrogen) atoms. The lowest BCUT2D eigenvalue weighted by Crippen LogP contribution is -2.03. The SMILES string of the molecule is C=C(/C=C\N=C(C)N)c1ccc(NCCCC)nc1. The first-order valence-corrected chi connectivity index (χ1v) is 6.49. The molecule has 0 aromatic carbocycles. The summed E-state index contributed by atoms with van der Waals surface area (Å²) in [5, 5.41) is 3.27. The third kappa shape index (κ3) is 5.86. The summed E-state index contributed by atoms with van der Waals surface area (Å²) in [5.41, 5.74) is 7.28. The fourth-order valence-corrected chi connectivity index (χ4v) is 1.42. The van der Waals surface area contributed by atoms with E-state index in [0.29, 0.717) is 5.84 Å². The molecule has 1 rings (SSSR count). The van der Waals surface area contributed by atoms with Crippen molar-refractivity contribution in [2.45, 2.75) is 26.7 Å². The minimum atomic E-state index is 0.526. The molecule has 1 aromatic heterocycles. The molecule has 1 heterocycles. The molecule has 4 heteroatoms. The number of amidine groups is 1. The van der Waals surface area contributed by atoms with Crippen LogP contribution in [0.4, 0.5) is 5.82 Å². The molecule has 0 spiro atoms. The maximum atomic E-state index is 5.44. The van der Waals surface area contributed by atoms with Crippen LogP contribution in [-0.4, -0.2) is 17.4 Å². The Morgan fingerprint density at radius 2 is 2.32 bits per heavy atom. The van der Waals surface area contributed by atoms with Crippen LogP contribution in [0.15, 0.2) is 42.2 Å². The normalized spacial score (nSPS) is 11.8. The van der Waals surface area contributed by atoms with Gasteiger partial charge in [0.2, 0.25) is 0 Å². The third-order valence-electron chi connectivity index (χ3n) is 2.52. The van der Waals surface area contributed by atoms with Gasteiger partial charge in [-0.1, -0.05) is 19.9 Å². The maximum Gasteiger partial charge on any atom is 0.125 e. The number of nitrogens with zero attached hydrogens (tertiary/aromatic N) is 2. The van der Waals surface area contributed by atoms with E-state index in [1.165, 1.54) is 6.42 Å². The number of hydrogen-bond acceptors (Lipinski definition) is 3. The molecule has 0 fully saturated rings. The molecular weight excluding hydrogens is 236 g/mol. The first kappa shape index (κ1) is 15.0. The summed E-state index contributed by atoms with van der Waals surface area (Å²) >= 11 is 0. The van der Waals surface area contributed by atoms with E-state index in [1.54, 1.807) is 19.3 Å². The number of nitrogens with two attached hydrogens (primary N) is 1. The topological polar surface area (TPSA) is 63.3 Å². The Balaban J connectivity index is 2.58. The van der Waals surface area contributed by atoms with Gasteiger partial charge >= 0.3 is 0 Å². The lowest BCUT2D eigenvalue weighted by Gasteiger charge is -2.05. The van der Waals surface area contributed by atoms with E-state index in [2.05, 4.69) is 28.8 Å². The zero-order valence-electron chi connectivity index (χ0n) is 11.7. The third-order valence-corrected chi connectivity index (χ3v) is 2.52. The minimum Gasteiger partial charge on any atom is -0.387 e. The number of hydrogen-bond donors (Lipinski definition) is 2. The quantitative estimate of drug-likeness (QED) is 0.342. The summed E-state index contributed by atoms with van der Waals surface area (Å²) in [5.74, 6) is 1.42. The van der Waals surface area contributed by atoms with Crippen molar-refractivity contribution in [3.8, 4) is 0 Å². The smallest absolute Gasteiger partial charge is 0.125 e. The molecule has 102 valence electrons. The number of aliphatic imine (C=N–C) groups is 1. The summed E-state index contributed by atoms with van der Waals surface area (Å²) in [6.07, 6.45) is 7.59. The summed E-state index contributed by atoms with van der Waals surface area (Å²) in [6, 6.07) is 3.95. The van der Waals surface area contributed by atoms with E-state index in [1.807, 2.05) is 18.2 Å². The molecule has 0 saturated heterocycles. The standard InChI is InChI=1S/C15H22N4/c1-4-5-9-18-15-7-6-14(11-19-15)12(2)8-10-17-13(3)16/h6-8,10-11H,2,4-5,9H2,1,3H3,(H2,16,17)(H,18,19)/b10-8-. The second kappa shape index (κ2) is 8.08. The largest absolute Gasteiger partial charge is 0.387 e. The van der Waals surface area contributed by atoms with Crippen LogP contribution in [0.1, 0.15) is 32.3 Å². The summed E-state index contributed by atoms with van der Waals surface area (Å²) in [4.78, 5) is 8.33. The summed E-state index contributed by atoms with van der Waals surface area (Å²) < 4.78 is 0. The second-order valence-corrected chi connectivity index (χ2v) is 4.32. The van der Waals surface area contributed by atoms with E-state index < -0.39 is 0 Å². The van der Waals surface area contributed by atoms with E-state index in [-0.39, 0.29) is 0 Å². The van der Waals surface area contributed by atoms with Crippen LogP contribution in [0.5, 0.6) is 0 Å². The molecule has 3 N–H and O–H groups in total. The Labute approximate surface area is 115 Å². The van der Waals surface area contributed by atoms with Gasteiger partial charge in [-0.3, -0.25) is 0 Å². The van der Waals surface area contributed by atoms with Crippen LogP contribution >= 0.6 is 0 Å². The lowest BCUT2D eigenvalue weighted by atomic mass is 10.1. The van der Waals surface area contributed by atoms with E-state index in [9.17, 15) is 0 Å². The molecule has 0 radical (unpaired) electrons. The van der Waals surface area contributed by atoms with Crippen LogP contribution in [0.3, 0.4) is 0 Å². The van der Waals surface area contributed by atoms with Crippen LogP contribution < -0.4 is 11.1 Å². The molecule has 0 amide bonds. The average Bonchev–Trinajstić information content (AvgIpc) is 2.39. The summed E-state index contributed by atoms with van der Waals surface area (Å²) in [7, 11) is 0. The Bertz CT molecular complexity index is 454. The van der Waals surface area contributed by atoms with Gasteiger partial charge in [0.25, 0.3) is 0 Å². The highest BCUT2D eigenvalue weighted by Gasteiger charge is 1.97. The number of rotatable bonds is 7. The van der Waals surface area contributed by atoms with E-state index in [0.717, 1.165) is 29.9 Å². The first-order chi connectivity index (χ1) is 9.13. The van der Waals surface area contributed by atoms with Gasteiger partial charge in [-0.15, -0.1) is 0 Å².